The molecule has 0 saturated heterocycles. The van der Waals surface area contributed by atoms with Gasteiger partial charge in [-0.1, -0.05) is 20.8 Å². The Balaban J connectivity index is 3.10. The number of hydrogen-bond acceptors (Lipinski definition) is 2. The smallest absolute Gasteiger partial charge is 0.248 e. The maximum Gasteiger partial charge on any atom is 0.297 e. The van der Waals surface area contributed by atoms with E-state index < -0.39 is 6.43 Å². The van der Waals surface area contributed by atoms with Gasteiger partial charge in [-0.3, -0.25) is 0 Å². The van der Waals surface area contributed by atoms with Crippen LogP contribution in [0.2, 0.25) is 0 Å². The first-order chi connectivity index (χ1) is 5.82. The summed E-state index contributed by atoms with van der Waals surface area (Å²) in [6.45, 7) is 5.66. The lowest BCUT2D eigenvalue weighted by Crippen LogP contribution is -2.13. The van der Waals surface area contributed by atoms with Crippen molar-refractivity contribution in [2.24, 2.45) is 7.05 Å². The van der Waals surface area contributed by atoms with Crippen molar-refractivity contribution in [2.45, 2.75) is 32.6 Å². The first-order valence-corrected chi connectivity index (χ1v) is 4.02. The first-order valence-electron chi connectivity index (χ1n) is 4.02. The molecule has 0 aromatic carbocycles. The van der Waals surface area contributed by atoms with Crippen LogP contribution >= 0.6 is 0 Å². The van der Waals surface area contributed by atoms with Crippen molar-refractivity contribution in [1.82, 2.24) is 14.8 Å². The molecule has 3 nitrogen and oxygen atoms in total. The molecule has 1 aromatic heterocycles. The Kier molecular flexibility index (Phi) is 2.36. The van der Waals surface area contributed by atoms with Gasteiger partial charge in [-0.15, -0.1) is 0 Å². The minimum atomic E-state index is -2.56. The van der Waals surface area contributed by atoms with E-state index in [-0.39, 0.29) is 11.2 Å². The Morgan fingerprint density at radius 2 is 1.85 bits per heavy atom. The lowest BCUT2D eigenvalue weighted by atomic mass is 9.96. The maximum atomic E-state index is 12.3. The van der Waals surface area contributed by atoms with E-state index in [0.29, 0.717) is 5.82 Å². The monoisotopic (exact) mass is 189 g/mol. The summed E-state index contributed by atoms with van der Waals surface area (Å²) in [4.78, 5) is 3.78. The summed E-state index contributed by atoms with van der Waals surface area (Å²) in [6.07, 6.45) is -2.56. The van der Waals surface area contributed by atoms with E-state index in [1.54, 1.807) is 0 Å². The zero-order valence-corrected chi connectivity index (χ0v) is 8.17. The van der Waals surface area contributed by atoms with Gasteiger partial charge in [-0.25, -0.2) is 18.4 Å². The molecule has 5 heteroatoms. The summed E-state index contributed by atoms with van der Waals surface area (Å²) >= 11 is 0. The summed E-state index contributed by atoms with van der Waals surface area (Å²) in [6, 6.07) is 0. The average Bonchev–Trinajstić information content (AvgIpc) is 2.29. The van der Waals surface area contributed by atoms with Crippen molar-refractivity contribution in [1.29, 1.82) is 0 Å². The lowest BCUT2D eigenvalue weighted by Gasteiger charge is -2.11. The molecule has 74 valence electrons. The Morgan fingerprint density at radius 1 is 1.31 bits per heavy atom. The number of halogens is 2. The summed E-state index contributed by atoms with van der Waals surface area (Å²) in [5.41, 5.74) is -0.287. The highest BCUT2D eigenvalue weighted by Gasteiger charge is 2.23. The molecule has 0 spiro atoms. The molecule has 0 aliphatic heterocycles. The predicted molar refractivity (Wildman–Crippen MR) is 44.7 cm³/mol. The molecule has 1 rings (SSSR count). The van der Waals surface area contributed by atoms with Crippen molar-refractivity contribution in [3.8, 4) is 0 Å². The molecule has 0 fully saturated rings. The highest BCUT2D eigenvalue weighted by atomic mass is 19.3. The van der Waals surface area contributed by atoms with E-state index in [1.807, 2.05) is 20.8 Å². The van der Waals surface area contributed by atoms with Gasteiger partial charge < -0.3 is 0 Å². The van der Waals surface area contributed by atoms with Crippen molar-refractivity contribution in [3.05, 3.63) is 11.6 Å². The van der Waals surface area contributed by atoms with Crippen LogP contribution in [0.15, 0.2) is 0 Å². The van der Waals surface area contributed by atoms with Gasteiger partial charge in [-0.2, -0.15) is 5.10 Å². The molecule has 0 radical (unpaired) electrons. The molecule has 0 aliphatic rings. The summed E-state index contributed by atoms with van der Waals surface area (Å²) in [5.74, 6) is 0.176. The minimum absolute atomic E-state index is 0.273. The van der Waals surface area contributed by atoms with Crippen LogP contribution in [-0.2, 0) is 12.5 Å². The average molecular weight is 189 g/mol. The Hall–Kier alpha value is -1.00. The molecular formula is C8H13F2N3. The highest BCUT2D eigenvalue weighted by molar-refractivity contribution is 5.03. The standard InChI is InChI=1S/C8H13F2N3/c1-8(2,3)7-11-6(5(9)10)13(4)12-7/h5H,1-4H3. The topological polar surface area (TPSA) is 30.7 Å². The van der Waals surface area contributed by atoms with E-state index in [4.69, 9.17) is 0 Å². The first kappa shape index (κ1) is 10.1. The van der Waals surface area contributed by atoms with Gasteiger partial charge in [-0.05, 0) is 0 Å². The fourth-order valence-electron chi connectivity index (χ4n) is 0.904. The molecular weight excluding hydrogens is 176 g/mol. The maximum absolute atomic E-state index is 12.3. The molecule has 13 heavy (non-hydrogen) atoms. The molecule has 1 aromatic rings. The predicted octanol–water partition coefficient (Wildman–Crippen LogP) is 2.05. The second-order valence-electron chi connectivity index (χ2n) is 3.97. The Bertz CT molecular complexity index is 299. The van der Waals surface area contributed by atoms with E-state index in [9.17, 15) is 8.78 Å². The van der Waals surface area contributed by atoms with E-state index in [1.165, 1.54) is 7.05 Å². The van der Waals surface area contributed by atoms with E-state index >= 15 is 0 Å². The SMILES string of the molecule is Cn1nc(C(C)(C)C)nc1C(F)F. The van der Waals surface area contributed by atoms with Gasteiger partial charge >= 0.3 is 0 Å². The van der Waals surface area contributed by atoms with Gasteiger partial charge in [0.05, 0.1) is 0 Å². The summed E-state index contributed by atoms with van der Waals surface area (Å²) in [5, 5.41) is 3.93. The van der Waals surface area contributed by atoms with Crippen LogP contribution in [0.25, 0.3) is 0 Å². The van der Waals surface area contributed by atoms with Gasteiger partial charge in [0.2, 0.25) is 0 Å². The summed E-state index contributed by atoms with van der Waals surface area (Å²) < 4.78 is 25.7. The second kappa shape index (κ2) is 3.05. The van der Waals surface area contributed by atoms with Gasteiger partial charge in [0.15, 0.2) is 11.6 Å². The van der Waals surface area contributed by atoms with E-state index in [0.717, 1.165) is 4.68 Å². The number of aromatic nitrogens is 3. The quantitative estimate of drug-likeness (QED) is 0.677. The fourth-order valence-corrected chi connectivity index (χ4v) is 0.904. The normalized spacial score (nSPS) is 12.5. The largest absolute Gasteiger partial charge is 0.297 e. The van der Waals surface area contributed by atoms with Crippen molar-refractivity contribution < 1.29 is 8.78 Å². The fraction of sp³-hybridized carbons (Fsp3) is 0.750. The van der Waals surface area contributed by atoms with Crippen LogP contribution in [0.3, 0.4) is 0 Å². The van der Waals surface area contributed by atoms with Gasteiger partial charge in [0, 0.05) is 12.5 Å². The molecule has 0 amide bonds. The van der Waals surface area contributed by atoms with Gasteiger partial charge in [0.25, 0.3) is 6.43 Å². The van der Waals surface area contributed by atoms with Crippen LogP contribution in [0.5, 0.6) is 0 Å². The molecule has 1 heterocycles. The van der Waals surface area contributed by atoms with Crippen molar-refractivity contribution >= 4 is 0 Å². The molecule has 0 saturated carbocycles. The lowest BCUT2D eigenvalue weighted by molar-refractivity contribution is 0.135. The molecule has 0 aliphatic carbocycles. The zero-order valence-electron chi connectivity index (χ0n) is 8.17. The van der Waals surface area contributed by atoms with E-state index in [2.05, 4.69) is 10.1 Å². The van der Waals surface area contributed by atoms with Gasteiger partial charge in [0.1, 0.15) is 0 Å². The Morgan fingerprint density at radius 3 is 2.08 bits per heavy atom. The van der Waals surface area contributed by atoms with Crippen LogP contribution in [0, 0.1) is 0 Å². The zero-order chi connectivity index (χ0) is 10.2. The van der Waals surface area contributed by atoms with Crippen LogP contribution in [0.1, 0.15) is 38.8 Å². The van der Waals surface area contributed by atoms with Crippen LogP contribution in [0.4, 0.5) is 8.78 Å². The molecule has 0 atom stereocenters. The number of hydrogen-bond donors (Lipinski definition) is 0. The second-order valence-corrected chi connectivity index (χ2v) is 3.97. The summed E-state index contributed by atoms with van der Waals surface area (Å²) in [7, 11) is 1.48. The number of alkyl halides is 2. The Labute approximate surface area is 75.8 Å². The van der Waals surface area contributed by atoms with Crippen LogP contribution in [-0.4, -0.2) is 14.8 Å². The number of rotatable bonds is 1. The molecule has 0 N–H and O–H groups in total. The third-order valence-electron chi connectivity index (χ3n) is 1.66. The van der Waals surface area contributed by atoms with Crippen LogP contribution < -0.4 is 0 Å². The third-order valence-corrected chi connectivity index (χ3v) is 1.66. The number of nitrogens with zero attached hydrogens (tertiary/aromatic N) is 3. The highest BCUT2D eigenvalue weighted by Crippen LogP contribution is 2.22. The molecule has 0 unspecified atom stereocenters. The number of aryl methyl sites for hydroxylation is 1. The third kappa shape index (κ3) is 2.02. The molecule has 0 bridgehead atoms. The van der Waals surface area contributed by atoms with Crippen molar-refractivity contribution in [2.75, 3.05) is 0 Å². The minimum Gasteiger partial charge on any atom is -0.248 e. The van der Waals surface area contributed by atoms with Crippen molar-refractivity contribution in [3.63, 3.8) is 0 Å².